The third-order valence-electron chi connectivity index (χ3n) is 3.70. The van der Waals surface area contributed by atoms with Gasteiger partial charge in [0.2, 0.25) is 0 Å². The standard InChI is InChI=1S/C12H26N2O/c1-4-12(15)9-14(3)11-7-5-10(13-2)6-8-11/h10-13,15H,4-9H2,1-3H3. The molecule has 90 valence electrons. The van der Waals surface area contributed by atoms with Crippen LogP contribution in [0.4, 0.5) is 0 Å². The van der Waals surface area contributed by atoms with E-state index in [-0.39, 0.29) is 6.10 Å². The van der Waals surface area contributed by atoms with Gasteiger partial charge < -0.3 is 15.3 Å². The maximum atomic E-state index is 9.60. The number of rotatable bonds is 5. The fourth-order valence-corrected chi connectivity index (χ4v) is 2.42. The minimum absolute atomic E-state index is 0.156. The lowest BCUT2D eigenvalue weighted by molar-refractivity contribution is 0.0855. The van der Waals surface area contributed by atoms with Gasteiger partial charge in [0.25, 0.3) is 0 Å². The molecular formula is C12H26N2O. The molecule has 1 atom stereocenters. The van der Waals surface area contributed by atoms with Crippen LogP contribution in [0.1, 0.15) is 39.0 Å². The maximum Gasteiger partial charge on any atom is 0.0664 e. The lowest BCUT2D eigenvalue weighted by atomic mass is 9.90. The van der Waals surface area contributed by atoms with Crippen LogP contribution in [0.3, 0.4) is 0 Å². The minimum atomic E-state index is -0.156. The number of likely N-dealkylation sites (N-methyl/N-ethyl adjacent to an activating group) is 1. The highest BCUT2D eigenvalue weighted by Gasteiger charge is 2.23. The fourth-order valence-electron chi connectivity index (χ4n) is 2.42. The van der Waals surface area contributed by atoms with Crippen LogP contribution in [0, 0.1) is 0 Å². The highest BCUT2D eigenvalue weighted by Crippen LogP contribution is 2.22. The molecule has 15 heavy (non-hydrogen) atoms. The molecule has 0 spiro atoms. The van der Waals surface area contributed by atoms with Gasteiger partial charge >= 0.3 is 0 Å². The summed E-state index contributed by atoms with van der Waals surface area (Å²) in [5, 5.41) is 13.0. The number of nitrogens with one attached hydrogen (secondary N) is 1. The normalized spacial score (nSPS) is 29.4. The minimum Gasteiger partial charge on any atom is -0.392 e. The second kappa shape index (κ2) is 6.46. The number of nitrogens with zero attached hydrogens (tertiary/aromatic N) is 1. The molecule has 0 saturated heterocycles. The highest BCUT2D eigenvalue weighted by atomic mass is 16.3. The van der Waals surface area contributed by atoms with Crippen molar-refractivity contribution in [2.45, 2.75) is 57.2 Å². The molecule has 2 N–H and O–H groups in total. The summed E-state index contributed by atoms with van der Waals surface area (Å²) >= 11 is 0. The van der Waals surface area contributed by atoms with Gasteiger partial charge in [-0.25, -0.2) is 0 Å². The summed E-state index contributed by atoms with van der Waals surface area (Å²) in [5.41, 5.74) is 0. The van der Waals surface area contributed by atoms with Crippen LogP contribution in [0.25, 0.3) is 0 Å². The Labute approximate surface area is 93.9 Å². The van der Waals surface area contributed by atoms with E-state index in [1.165, 1.54) is 25.7 Å². The van der Waals surface area contributed by atoms with E-state index in [0.29, 0.717) is 12.1 Å². The van der Waals surface area contributed by atoms with Crippen molar-refractivity contribution >= 4 is 0 Å². The van der Waals surface area contributed by atoms with Crippen LogP contribution in [-0.2, 0) is 0 Å². The van der Waals surface area contributed by atoms with E-state index >= 15 is 0 Å². The quantitative estimate of drug-likeness (QED) is 0.722. The predicted octanol–water partition coefficient (Wildman–Crippen LogP) is 1.22. The second-order valence-electron chi connectivity index (χ2n) is 4.80. The van der Waals surface area contributed by atoms with Crippen LogP contribution in [-0.4, -0.2) is 48.8 Å². The maximum absolute atomic E-state index is 9.60. The molecule has 0 amide bonds. The summed E-state index contributed by atoms with van der Waals surface area (Å²) in [7, 11) is 4.19. The first-order valence-electron chi connectivity index (χ1n) is 6.23. The zero-order valence-corrected chi connectivity index (χ0v) is 10.4. The number of hydrogen-bond acceptors (Lipinski definition) is 3. The monoisotopic (exact) mass is 214 g/mol. The molecule has 3 nitrogen and oxygen atoms in total. The molecule has 1 saturated carbocycles. The zero-order valence-electron chi connectivity index (χ0n) is 10.4. The first-order chi connectivity index (χ1) is 7.17. The summed E-state index contributed by atoms with van der Waals surface area (Å²) in [4.78, 5) is 2.33. The molecule has 1 rings (SSSR count). The number of hydrogen-bond donors (Lipinski definition) is 2. The zero-order chi connectivity index (χ0) is 11.3. The van der Waals surface area contributed by atoms with E-state index in [0.717, 1.165) is 13.0 Å². The van der Waals surface area contributed by atoms with E-state index in [1.807, 2.05) is 6.92 Å². The molecule has 0 aromatic carbocycles. The molecule has 1 aliphatic rings. The first-order valence-corrected chi connectivity index (χ1v) is 6.23. The Morgan fingerprint density at radius 3 is 2.40 bits per heavy atom. The third kappa shape index (κ3) is 4.09. The van der Waals surface area contributed by atoms with Crippen molar-refractivity contribution in [1.82, 2.24) is 10.2 Å². The molecule has 3 heteroatoms. The SMILES string of the molecule is CCC(O)CN(C)C1CCC(NC)CC1. The molecule has 1 fully saturated rings. The molecule has 0 bridgehead atoms. The Bertz CT molecular complexity index is 167. The van der Waals surface area contributed by atoms with Crippen molar-refractivity contribution < 1.29 is 5.11 Å². The van der Waals surface area contributed by atoms with E-state index in [4.69, 9.17) is 0 Å². The summed E-state index contributed by atoms with van der Waals surface area (Å²) in [6, 6.07) is 1.39. The van der Waals surface area contributed by atoms with Crippen LogP contribution in [0.15, 0.2) is 0 Å². The van der Waals surface area contributed by atoms with Crippen molar-refractivity contribution in [1.29, 1.82) is 0 Å². The lowest BCUT2D eigenvalue weighted by Gasteiger charge is -2.35. The van der Waals surface area contributed by atoms with Gasteiger partial charge in [-0.15, -0.1) is 0 Å². The van der Waals surface area contributed by atoms with Gasteiger partial charge in [0.15, 0.2) is 0 Å². The van der Waals surface area contributed by atoms with E-state index < -0.39 is 0 Å². The van der Waals surface area contributed by atoms with Gasteiger partial charge in [0.1, 0.15) is 0 Å². The lowest BCUT2D eigenvalue weighted by Crippen LogP contribution is -2.42. The molecule has 1 unspecified atom stereocenters. The molecular weight excluding hydrogens is 188 g/mol. The van der Waals surface area contributed by atoms with E-state index in [9.17, 15) is 5.11 Å². The average molecular weight is 214 g/mol. The molecule has 0 radical (unpaired) electrons. The smallest absolute Gasteiger partial charge is 0.0664 e. The summed E-state index contributed by atoms with van der Waals surface area (Å²) in [6.45, 7) is 2.86. The van der Waals surface area contributed by atoms with Gasteiger partial charge in [0, 0.05) is 18.6 Å². The number of aliphatic hydroxyl groups is 1. The molecule has 0 aliphatic heterocycles. The highest BCUT2D eigenvalue weighted by molar-refractivity contribution is 4.81. The average Bonchev–Trinajstić information content (AvgIpc) is 2.29. The van der Waals surface area contributed by atoms with Crippen molar-refractivity contribution in [3.8, 4) is 0 Å². The Morgan fingerprint density at radius 2 is 1.93 bits per heavy atom. The molecule has 0 aromatic heterocycles. The van der Waals surface area contributed by atoms with E-state index in [2.05, 4.69) is 24.3 Å². The van der Waals surface area contributed by atoms with Crippen LogP contribution < -0.4 is 5.32 Å². The Kier molecular flexibility index (Phi) is 5.58. The first kappa shape index (κ1) is 12.9. The summed E-state index contributed by atoms with van der Waals surface area (Å²) in [6.07, 6.45) is 5.77. The van der Waals surface area contributed by atoms with Crippen molar-refractivity contribution in [3.63, 3.8) is 0 Å². The van der Waals surface area contributed by atoms with E-state index in [1.54, 1.807) is 0 Å². The third-order valence-corrected chi connectivity index (χ3v) is 3.70. The van der Waals surface area contributed by atoms with Gasteiger partial charge in [-0.1, -0.05) is 6.92 Å². The topological polar surface area (TPSA) is 35.5 Å². The van der Waals surface area contributed by atoms with Gasteiger partial charge in [-0.3, -0.25) is 0 Å². The largest absolute Gasteiger partial charge is 0.392 e. The fraction of sp³-hybridized carbons (Fsp3) is 1.00. The van der Waals surface area contributed by atoms with Crippen molar-refractivity contribution in [2.75, 3.05) is 20.6 Å². The Balaban J connectivity index is 2.26. The molecule has 0 aromatic rings. The van der Waals surface area contributed by atoms with Crippen LogP contribution in [0.5, 0.6) is 0 Å². The summed E-state index contributed by atoms with van der Waals surface area (Å²) in [5.74, 6) is 0. The molecule has 0 heterocycles. The van der Waals surface area contributed by atoms with Gasteiger partial charge in [0.05, 0.1) is 6.10 Å². The van der Waals surface area contributed by atoms with Gasteiger partial charge in [-0.05, 0) is 46.2 Å². The van der Waals surface area contributed by atoms with Crippen LogP contribution >= 0.6 is 0 Å². The predicted molar refractivity (Wildman–Crippen MR) is 64.0 cm³/mol. The summed E-state index contributed by atoms with van der Waals surface area (Å²) < 4.78 is 0. The Morgan fingerprint density at radius 1 is 1.33 bits per heavy atom. The molecule has 1 aliphatic carbocycles. The van der Waals surface area contributed by atoms with Crippen molar-refractivity contribution in [3.05, 3.63) is 0 Å². The number of aliphatic hydroxyl groups excluding tert-OH is 1. The van der Waals surface area contributed by atoms with Crippen LogP contribution in [0.2, 0.25) is 0 Å². The van der Waals surface area contributed by atoms with Gasteiger partial charge in [-0.2, -0.15) is 0 Å². The van der Waals surface area contributed by atoms with Crippen molar-refractivity contribution in [2.24, 2.45) is 0 Å². The second-order valence-corrected chi connectivity index (χ2v) is 4.80. The Hall–Kier alpha value is -0.120.